The second-order valence-corrected chi connectivity index (χ2v) is 5.25. The van der Waals surface area contributed by atoms with Crippen LogP contribution >= 0.6 is 0 Å². The molecule has 102 valence electrons. The van der Waals surface area contributed by atoms with Crippen molar-refractivity contribution in [2.45, 2.75) is 5.92 Å². The SMILES string of the molecule is Cn1c(C2COc3ccccc32)nc2cc(C#N)ccc21. The number of ether oxygens (including phenoxy) is 1. The fourth-order valence-corrected chi connectivity index (χ4v) is 2.98. The second-order valence-electron chi connectivity index (χ2n) is 5.25. The highest BCUT2D eigenvalue weighted by atomic mass is 16.5. The minimum atomic E-state index is 0.143. The van der Waals surface area contributed by atoms with Gasteiger partial charge in [-0.3, -0.25) is 0 Å². The van der Waals surface area contributed by atoms with Crippen LogP contribution < -0.4 is 4.74 Å². The third-order valence-electron chi connectivity index (χ3n) is 4.06. The Hall–Kier alpha value is -2.80. The summed E-state index contributed by atoms with van der Waals surface area (Å²) < 4.78 is 7.85. The number of nitriles is 1. The Balaban J connectivity index is 1.89. The van der Waals surface area contributed by atoms with Gasteiger partial charge in [0.15, 0.2) is 0 Å². The van der Waals surface area contributed by atoms with Gasteiger partial charge in [-0.05, 0) is 24.3 Å². The van der Waals surface area contributed by atoms with E-state index in [2.05, 4.69) is 16.7 Å². The molecule has 21 heavy (non-hydrogen) atoms. The van der Waals surface area contributed by atoms with Crippen LogP contribution in [0.1, 0.15) is 22.9 Å². The Morgan fingerprint density at radius 1 is 1.29 bits per heavy atom. The molecular weight excluding hydrogens is 262 g/mol. The third kappa shape index (κ3) is 1.71. The third-order valence-corrected chi connectivity index (χ3v) is 4.06. The lowest BCUT2D eigenvalue weighted by Crippen LogP contribution is -2.09. The van der Waals surface area contributed by atoms with Crippen molar-refractivity contribution in [3.63, 3.8) is 0 Å². The molecule has 0 bridgehead atoms. The summed E-state index contributed by atoms with van der Waals surface area (Å²) in [6, 6.07) is 15.9. The number of para-hydroxylation sites is 1. The van der Waals surface area contributed by atoms with Gasteiger partial charge in [-0.25, -0.2) is 4.98 Å². The normalized spacial score (nSPS) is 16.5. The molecule has 0 radical (unpaired) electrons. The highest BCUT2D eigenvalue weighted by Gasteiger charge is 2.29. The first-order valence-corrected chi connectivity index (χ1v) is 6.86. The standard InChI is InChI=1S/C17H13N3O/c1-20-15-7-6-11(9-18)8-14(15)19-17(20)13-10-21-16-5-3-2-4-12(13)16/h2-8,13H,10H2,1H3. The van der Waals surface area contributed by atoms with Crippen molar-refractivity contribution in [1.82, 2.24) is 9.55 Å². The average molecular weight is 275 g/mol. The molecule has 0 spiro atoms. The van der Waals surface area contributed by atoms with Crippen LogP contribution in [0.25, 0.3) is 11.0 Å². The van der Waals surface area contributed by atoms with Gasteiger partial charge in [0.25, 0.3) is 0 Å². The average Bonchev–Trinajstić information content (AvgIpc) is 3.08. The molecular formula is C17H13N3O. The molecule has 1 aliphatic rings. The van der Waals surface area contributed by atoms with Crippen molar-refractivity contribution in [2.75, 3.05) is 6.61 Å². The zero-order valence-corrected chi connectivity index (χ0v) is 11.6. The molecule has 0 fully saturated rings. The Morgan fingerprint density at radius 2 is 2.14 bits per heavy atom. The number of aromatic nitrogens is 2. The first kappa shape index (κ1) is 12.0. The lowest BCUT2D eigenvalue weighted by molar-refractivity contribution is 0.338. The van der Waals surface area contributed by atoms with E-state index in [4.69, 9.17) is 15.0 Å². The van der Waals surface area contributed by atoms with Gasteiger partial charge in [0, 0.05) is 12.6 Å². The van der Waals surface area contributed by atoms with Crippen LogP contribution in [0, 0.1) is 11.3 Å². The Bertz CT molecular complexity index is 889. The van der Waals surface area contributed by atoms with Gasteiger partial charge < -0.3 is 9.30 Å². The quantitative estimate of drug-likeness (QED) is 0.686. The van der Waals surface area contributed by atoms with E-state index in [0.29, 0.717) is 12.2 Å². The highest BCUT2D eigenvalue weighted by Crippen LogP contribution is 2.38. The monoisotopic (exact) mass is 275 g/mol. The number of nitrogens with zero attached hydrogens (tertiary/aromatic N) is 3. The fourth-order valence-electron chi connectivity index (χ4n) is 2.98. The van der Waals surface area contributed by atoms with E-state index in [1.165, 1.54) is 5.56 Å². The van der Waals surface area contributed by atoms with Gasteiger partial charge in [-0.2, -0.15) is 5.26 Å². The maximum atomic E-state index is 9.01. The van der Waals surface area contributed by atoms with Crippen LogP contribution in [0.5, 0.6) is 5.75 Å². The first-order chi connectivity index (χ1) is 10.3. The summed E-state index contributed by atoms with van der Waals surface area (Å²) in [5, 5.41) is 9.01. The number of hydrogen-bond acceptors (Lipinski definition) is 3. The molecule has 0 amide bonds. The lowest BCUT2D eigenvalue weighted by atomic mass is 10.0. The van der Waals surface area contributed by atoms with Crippen molar-refractivity contribution < 1.29 is 4.74 Å². The van der Waals surface area contributed by atoms with E-state index in [9.17, 15) is 0 Å². The van der Waals surface area contributed by atoms with Gasteiger partial charge in [-0.15, -0.1) is 0 Å². The van der Waals surface area contributed by atoms with E-state index < -0.39 is 0 Å². The number of rotatable bonds is 1. The zero-order valence-electron chi connectivity index (χ0n) is 11.6. The van der Waals surface area contributed by atoms with E-state index in [0.717, 1.165) is 22.6 Å². The van der Waals surface area contributed by atoms with E-state index in [1.807, 2.05) is 43.4 Å². The summed E-state index contributed by atoms with van der Waals surface area (Å²) >= 11 is 0. The predicted molar refractivity (Wildman–Crippen MR) is 79.2 cm³/mol. The fraction of sp³-hybridized carbons (Fsp3) is 0.176. The minimum Gasteiger partial charge on any atom is -0.492 e. The molecule has 1 aliphatic heterocycles. The van der Waals surface area contributed by atoms with E-state index in [-0.39, 0.29) is 5.92 Å². The summed E-state index contributed by atoms with van der Waals surface area (Å²) in [6.45, 7) is 0.613. The summed E-state index contributed by atoms with van der Waals surface area (Å²) in [5.41, 5.74) is 3.70. The van der Waals surface area contributed by atoms with E-state index >= 15 is 0 Å². The zero-order chi connectivity index (χ0) is 14.4. The second kappa shape index (κ2) is 4.35. The molecule has 1 atom stereocenters. The maximum absolute atomic E-state index is 9.01. The molecule has 0 saturated heterocycles. The van der Waals surface area contributed by atoms with E-state index in [1.54, 1.807) is 0 Å². The number of aryl methyl sites for hydroxylation is 1. The van der Waals surface area contributed by atoms with Crippen molar-refractivity contribution >= 4 is 11.0 Å². The molecule has 0 aliphatic carbocycles. The van der Waals surface area contributed by atoms with Crippen molar-refractivity contribution in [3.8, 4) is 11.8 Å². The molecule has 4 nitrogen and oxygen atoms in total. The summed E-state index contributed by atoms with van der Waals surface area (Å²) in [7, 11) is 2.01. The number of benzene rings is 2. The smallest absolute Gasteiger partial charge is 0.123 e. The first-order valence-electron chi connectivity index (χ1n) is 6.86. The minimum absolute atomic E-state index is 0.143. The molecule has 4 heteroatoms. The van der Waals surface area contributed by atoms with Crippen LogP contribution in [0.3, 0.4) is 0 Å². The molecule has 1 unspecified atom stereocenters. The topological polar surface area (TPSA) is 50.8 Å². The van der Waals surface area contributed by atoms with Crippen LogP contribution in [0.4, 0.5) is 0 Å². The summed E-state index contributed by atoms with van der Waals surface area (Å²) in [4.78, 5) is 4.73. The van der Waals surface area contributed by atoms with Gasteiger partial charge >= 0.3 is 0 Å². The Morgan fingerprint density at radius 3 is 3.00 bits per heavy atom. The van der Waals surface area contributed by atoms with Crippen molar-refractivity contribution in [1.29, 1.82) is 5.26 Å². The number of imidazole rings is 1. The highest BCUT2D eigenvalue weighted by molar-refractivity contribution is 5.78. The Labute approximate surface area is 122 Å². The maximum Gasteiger partial charge on any atom is 0.123 e. The van der Waals surface area contributed by atoms with Crippen LogP contribution in [0.2, 0.25) is 0 Å². The van der Waals surface area contributed by atoms with Gasteiger partial charge in [0.2, 0.25) is 0 Å². The summed E-state index contributed by atoms with van der Waals surface area (Å²) in [6.07, 6.45) is 0. The molecule has 0 N–H and O–H groups in total. The van der Waals surface area contributed by atoms with Gasteiger partial charge in [0.05, 0.1) is 28.6 Å². The van der Waals surface area contributed by atoms with Crippen LogP contribution in [-0.2, 0) is 7.05 Å². The Kier molecular flexibility index (Phi) is 2.48. The molecule has 4 rings (SSSR count). The number of fused-ring (bicyclic) bond motifs is 2. The molecule has 2 aromatic carbocycles. The largest absolute Gasteiger partial charge is 0.492 e. The molecule has 3 aromatic rings. The lowest BCUT2D eigenvalue weighted by Gasteiger charge is -2.08. The molecule has 0 saturated carbocycles. The molecule has 2 heterocycles. The van der Waals surface area contributed by atoms with Crippen molar-refractivity contribution in [3.05, 3.63) is 59.4 Å². The number of hydrogen-bond donors (Lipinski definition) is 0. The van der Waals surface area contributed by atoms with Crippen molar-refractivity contribution in [2.24, 2.45) is 7.05 Å². The van der Waals surface area contributed by atoms with Crippen LogP contribution in [0.15, 0.2) is 42.5 Å². The predicted octanol–water partition coefficient (Wildman–Crippen LogP) is 2.97. The van der Waals surface area contributed by atoms with Crippen LogP contribution in [-0.4, -0.2) is 16.2 Å². The van der Waals surface area contributed by atoms with Gasteiger partial charge in [-0.1, -0.05) is 18.2 Å². The summed E-state index contributed by atoms with van der Waals surface area (Å²) in [5.74, 6) is 2.06. The van der Waals surface area contributed by atoms with Gasteiger partial charge in [0.1, 0.15) is 18.2 Å². The molecule has 1 aromatic heterocycles.